The molecule has 3 heterocycles. The highest BCUT2D eigenvalue weighted by Crippen LogP contribution is 2.40. The Balaban J connectivity index is 2.07. The van der Waals surface area contributed by atoms with Gasteiger partial charge in [0.05, 0.1) is 17.5 Å². The zero-order chi connectivity index (χ0) is 15.7. The van der Waals surface area contributed by atoms with Crippen molar-refractivity contribution in [3.8, 4) is 5.88 Å². The van der Waals surface area contributed by atoms with Crippen LogP contribution in [0, 0.1) is 0 Å². The van der Waals surface area contributed by atoms with Crippen LogP contribution in [0.4, 0.5) is 0 Å². The molecule has 3 rings (SSSR count). The smallest absolute Gasteiger partial charge is 0.230 e. The zero-order valence-electron chi connectivity index (χ0n) is 12.4. The first-order valence-electron chi connectivity index (χ1n) is 7.07. The molecule has 118 valence electrons. The predicted molar refractivity (Wildman–Crippen MR) is 87.8 cm³/mol. The average molecular weight is 338 g/mol. The molecule has 0 aliphatic rings. The molecule has 0 aliphatic heterocycles. The van der Waals surface area contributed by atoms with Crippen LogP contribution >= 0.6 is 22.7 Å². The second-order valence-corrected chi connectivity index (χ2v) is 6.98. The van der Waals surface area contributed by atoms with Crippen molar-refractivity contribution in [3.63, 3.8) is 0 Å². The third kappa shape index (κ3) is 2.63. The lowest BCUT2D eigenvalue weighted by molar-refractivity contribution is 0.198. The predicted octanol–water partition coefficient (Wildman–Crippen LogP) is 2.13. The first kappa shape index (κ1) is 15.4. The topological polar surface area (TPSA) is 73.9 Å². The summed E-state index contributed by atoms with van der Waals surface area (Å²) < 4.78 is 1.51. The Kier molecular flexibility index (Phi) is 4.44. The van der Waals surface area contributed by atoms with Gasteiger partial charge in [-0.2, -0.15) is 4.52 Å². The fourth-order valence-electron chi connectivity index (χ4n) is 2.40. The lowest BCUT2D eigenvalue weighted by Crippen LogP contribution is -2.27. The number of fused-ring (bicyclic) bond motifs is 1. The molecule has 0 amide bonds. The van der Waals surface area contributed by atoms with Crippen molar-refractivity contribution in [2.45, 2.75) is 19.4 Å². The minimum atomic E-state index is -0.106. The molecule has 0 aromatic carbocycles. The van der Waals surface area contributed by atoms with Gasteiger partial charge in [-0.25, -0.2) is 4.98 Å². The van der Waals surface area contributed by atoms with Crippen LogP contribution in [0.3, 0.4) is 0 Å². The third-order valence-corrected chi connectivity index (χ3v) is 5.51. The summed E-state index contributed by atoms with van der Waals surface area (Å²) >= 11 is 3.07. The van der Waals surface area contributed by atoms with E-state index in [-0.39, 0.29) is 18.5 Å². The maximum absolute atomic E-state index is 10.6. The molecule has 1 unspecified atom stereocenters. The van der Waals surface area contributed by atoms with Gasteiger partial charge in [-0.05, 0) is 18.5 Å². The molecular weight excluding hydrogens is 320 g/mol. The number of thiazole rings is 1. The average Bonchev–Trinajstić information content (AvgIpc) is 3.20. The number of hydrogen-bond donors (Lipinski definition) is 2. The van der Waals surface area contributed by atoms with E-state index in [0.717, 1.165) is 22.0 Å². The first-order chi connectivity index (χ1) is 10.7. The number of nitrogens with zero attached hydrogens (tertiary/aromatic N) is 4. The van der Waals surface area contributed by atoms with E-state index in [1.54, 1.807) is 11.3 Å². The molecule has 3 aromatic heterocycles. The third-order valence-electron chi connectivity index (χ3n) is 3.51. The van der Waals surface area contributed by atoms with Crippen molar-refractivity contribution < 1.29 is 10.2 Å². The second-order valence-electron chi connectivity index (χ2n) is 4.99. The molecule has 22 heavy (non-hydrogen) atoms. The van der Waals surface area contributed by atoms with Crippen molar-refractivity contribution in [3.05, 3.63) is 33.1 Å². The normalized spacial score (nSPS) is 13.3. The minimum absolute atomic E-state index is 0.0693. The highest BCUT2D eigenvalue weighted by molar-refractivity contribution is 7.17. The number of aryl methyl sites for hydroxylation is 1. The summed E-state index contributed by atoms with van der Waals surface area (Å²) in [6.45, 7) is 2.58. The van der Waals surface area contributed by atoms with Crippen LogP contribution < -0.4 is 0 Å². The van der Waals surface area contributed by atoms with Crippen molar-refractivity contribution >= 4 is 27.6 Å². The molecule has 6 nitrogen and oxygen atoms in total. The fourth-order valence-corrected chi connectivity index (χ4v) is 4.53. The van der Waals surface area contributed by atoms with Crippen LogP contribution in [0.5, 0.6) is 5.88 Å². The SMILES string of the molecule is CCc1nc2sc(C(c3cccs3)N(C)CCO)c(O)n2n1. The lowest BCUT2D eigenvalue weighted by Gasteiger charge is -2.25. The van der Waals surface area contributed by atoms with Gasteiger partial charge in [-0.3, -0.25) is 4.90 Å². The molecule has 0 saturated heterocycles. The van der Waals surface area contributed by atoms with Gasteiger partial charge in [0.15, 0.2) is 5.82 Å². The van der Waals surface area contributed by atoms with Crippen LogP contribution in [0.15, 0.2) is 17.5 Å². The zero-order valence-corrected chi connectivity index (χ0v) is 14.1. The largest absolute Gasteiger partial charge is 0.492 e. The van der Waals surface area contributed by atoms with Crippen LogP contribution in [0.25, 0.3) is 4.96 Å². The van der Waals surface area contributed by atoms with Gasteiger partial charge in [-0.15, -0.1) is 16.4 Å². The first-order valence-corrected chi connectivity index (χ1v) is 8.77. The molecule has 1 atom stereocenters. The second kappa shape index (κ2) is 6.33. The standard InChI is InChI=1S/C14H18N4O2S2/c1-3-10-15-14-18(16-10)13(20)12(22-14)11(17(2)6-7-19)9-5-4-8-21-9/h4-5,8,11,19-20H,3,6-7H2,1-2H3. The quantitative estimate of drug-likeness (QED) is 0.720. The Hall–Kier alpha value is -1.48. The van der Waals surface area contributed by atoms with Gasteiger partial charge in [-0.1, -0.05) is 24.3 Å². The maximum atomic E-state index is 10.6. The van der Waals surface area contributed by atoms with Crippen molar-refractivity contribution in [2.75, 3.05) is 20.2 Å². The van der Waals surface area contributed by atoms with E-state index in [2.05, 4.69) is 10.1 Å². The summed E-state index contributed by atoms with van der Waals surface area (Å²) in [5.41, 5.74) is 0. The van der Waals surface area contributed by atoms with E-state index >= 15 is 0 Å². The number of aliphatic hydroxyl groups excluding tert-OH is 1. The molecule has 0 spiro atoms. The summed E-state index contributed by atoms with van der Waals surface area (Å²) in [5.74, 6) is 0.861. The van der Waals surface area contributed by atoms with Crippen molar-refractivity contribution in [1.82, 2.24) is 19.5 Å². The van der Waals surface area contributed by atoms with Crippen LogP contribution in [0.1, 0.15) is 28.5 Å². The molecule has 2 N–H and O–H groups in total. The molecule has 0 saturated carbocycles. The van der Waals surface area contributed by atoms with Gasteiger partial charge in [0.2, 0.25) is 10.8 Å². The van der Waals surface area contributed by atoms with E-state index in [9.17, 15) is 10.2 Å². The monoisotopic (exact) mass is 338 g/mol. The lowest BCUT2D eigenvalue weighted by atomic mass is 10.2. The van der Waals surface area contributed by atoms with Crippen molar-refractivity contribution in [2.24, 2.45) is 0 Å². The Morgan fingerprint density at radius 3 is 2.86 bits per heavy atom. The Labute approximate surface area is 136 Å². The molecule has 0 fully saturated rings. The van der Waals surface area contributed by atoms with E-state index < -0.39 is 0 Å². The van der Waals surface area contributed by atoms with Gasteiger partial charge < -0.3 is 10.2 Å². The number of aromatic nitrogens is 3. The molecular formula is C14H18N4O2S2. The summed E-state index contributed by atoms with van der Waals surface area (Å²) in [5, 5.41) is 26.1. The van der Waals surface area contributed by atoms with Crippen LogP contribution in [-0.2, 0) is 6.42 Å². The number of rotatable bonds is 6. The van der Waals surface area contributed by atoms with Gasteiger partial charge >= 0.3 is 0 Å². The van der Waals surface area contributed by atoms with E-state index in [1.165, 1.54) is 15.9 Å². The van der Waals surface area contributed by atoms with Gasteiger partial charge in [0, 0.05) is 17.8 Å². The van der Waals surface area contributed by atoms with Gasteiger partial charge in [0.25, 0.3) is 0 Å². The number of hydrogen-bond acceptors (Lipinski definition) is 7. The minimum Gasteiger partial charge on any atom is -0.492 e. The summed E-state index contributed by atoms with van der Waals surface area (Å²) in [6.07, 6.45) is 0.738. The van der Waals surface area contributed by atoms with Gasteiger partial charge in [0.1, 0.15) is 0 Å². The highest BCUT2D eigenvalue weighted by atomic mass is 32.1. The summed E-state index contributed by atoms with van der Waals surface area (Å²) in [7, 11) is 1.94. The summed E-state index contributed by atoms with van der Waals surface area (Å²) in [6, 6.07) is 3.92. The van der Waals surface area contributed by atoms with E-state index in [4.69, 9.17) is 0 Å². The fraction of sp³-hybridized carbons (Fsp3) is 0.429. The molecule has 8 heteroatoms. The Morgan fingerprint density at radius 2 is 2.27 bits per heavy atom. The van der Waals surface area contributed by atoms with Crippen LogP contribution in [0.2, 0.25) is 0 Å². The van der Waals surface area contributed by atoms with E-state index in [1.807, 2.05) is 36.4 Å². The molecule has 0 aliphatic carbocycles. The highest BCUT2D eigenvalue weighted by Gasteiger charge is 2.28. The Morgan fingerprint density at radius 1 is 1.45 bits per heavy atom. The maximum Gasteiger partial charge on any atom is 0.230 e. The number of aliphatic hydroxyl groups is 1. The van der Waals surface area contributed by atoms with Crippen molar-refractivity contribution in [1.29, 1.82) is 0 Å². The number of aromatic hydroxyl groups is 1. The Bertz CT molecular complexity index is 750. The molecule has 3 aromatic rings. The molecule has 0 radical (unpaired) electrons. The number of thiophene rings is 1. The van der Waals surface area contributed by atoms with E-state index in [0.29, 0.717) is 11.5 Å². The number of likely N-dealkylation sites (N-methyl/N-ethyl adjacent to an activating group) is 1. The summed E-state index contributed by atoms with van der Waals surface area (Å²) in [4.78, 5) is 9.07. The van der Waals surface area contributed by atoms with Crippen LogP contribution in [-0.4, -0.2) is 49.9 Å². The molecule has 0 bridgehead atoms.